The first-order chi connectivity index (χ1) is 16.7. The zero-order valence-electron chi connectivity index (χ0n) is 18.7. The molecule has 1 heterocycles. The minimum Gasteiger partial charge on any atom is -0.489 e. The third-order valence-electron chi connectivity index (χ3n) is 5.31. The third-order valence-corrected chi connectivity index (χ3v) is 6.62. The summed E-state index contributed by atoms with van der Waals surface area (Å²) >= 11 is 1.18. The van der Waals surface area contributed by atoms with Crippen molar-refractivity contribution in [2.45, 2.75) is 39.0 Å². The van der Waals surface area contributed by atoms with Crippen LogP contribution in [0.25, 0.3) is 10.6 Å². The molecule has 2 aromatic carbocycles. The van der Waals surface area contributed by atoms with Crippen molar-refractivity contribution >= 4 is 17.2 Å². The van der Waals surface area contributed by atoms with Crippen LogP contribution in [0.5, 0.6) is 11.5 Å². The monoisotopic (exact) mass is 509 g/mol. The highest BCUT2D eigenvalue weighted by Gasteiger charge is 2.25. The maximum Gasteiger partial charge on any atom is 0.387 e. The van der Waals surface area contributed by atoms with Gasteiger partial charge in [0.05, 0.1) is 11.5 Å². The average molecular weight is 510 g/mol. The molecule has 0 saturated heterocycles. The van der Waals surface area contributed by atoms with Crippen molar-refractivity contribution < 1.29 is 31.8 Å². The Balaban J connectivity index is 1.58. The predicted octanol–water partition coefficient (Wildman–Crippen LogP) is 5.43. The molecule has 11 heteroatoms. The molecule has 4 rings (SSSR count). The molecule has 186 valence electrons. The van der Waals surface area contributed by atoms with Crippen LogP contribution in [0.1, 0.15) is 46.7 Å². The second kappa shape index (κ2) is 10.6. The lowest BCUT2D eigenvalue weighted by Gasteiger charge is -2.13. The van der Waals surface area contributed by atoms with Gasteiger partial charge >= 0.3 is 6.61 Å². The number of hydrogen-bond donors (Lipinski definition) is 2. The van der Waals surface area contributed by atoms with Crippen LogP contribution in [0.3, 0.4) is 0 Å². The van der Waals surface area contributed by atoms with Crippen LogP contribution in [0, 0.1) is 17.6 Å². The number of carbonyl (C=O) groups excluding carboxylic acids is 1. The number of aromatic nitrogens is 1. The number of nitrogens with zero attached hydrogens (tertiary/aromatic N) is 1. The standard InChI is InChI=1S/C24H23F4N3O3S/c1-12(29)21-20(22(32)30-10-15-4-6-16(25)9-17(15)26)31-23(35-21)14-5-7-18(34-24(27)28)19(8-14)33-11-13-2-3-13/h4-9,12-13,24H,2-3,10-11,29H2,1H3,(H,30,32)/t12-/m0/s1. The Hall–Kier alpha value is -3.18. The lowest BCUT2D eigenvalue weighted by molar-refractivity contribution is -0.0515. The number of thiazole rings is 1. The minimum absolute atomic E-state index is 0.0656. The van der Waals surface area contributed by atoms with E-state index in [9.17, 15) is 22.4 Å². The number of hydrogen-bond acceptors (Lipinski definition) is 6. The molecule has 6 nitrogen and oxygen atoms in total. The number of benzene rings is 2. The van der Waals surface area contributed by atoms with Crippen LogP contribution in [-0.4, -0.2) is 24.1 Å². The van der Waals surface area contributed by atoms with Gasteiger partial charge in [0.25, 0.3) is 5.91 Å². The SMILES string of the molecule is C[C@H](N)c1sc(-c2ccc(OC(F)F)c(OCC3CC3)c2)nc1C(=O)NCc1ccc(F)cc1F. The minimum atomic E-state index is -3.00. The maximum absolute atomic E-state index is 13.9. The van der Waals surface area contributed by atoms with E-state index in [4.69, 9.17) is 10.5 Å². The number of halogens is 4. The maximum atomic E-state index is 13.9. The van der Waals surface area contributed by atoms with Crippen LogP contribution in [-0.2, 0) is 6.54 Å². The first-order valence-corrected chi connectivity index (χ1v) is 11.7. The molecule has 3 N–H and O–H groups in total. The molecular formula is C24H23F4N3O3S. The quantitative estimate of drug-likeness (QED) is 0.356. The van der Waals surface area contributed by atoms with Gasteiger partial charge in [0.15, 0.2) is 11.5 Å². The molecule has 35 heavy (non-hydrogen) atoms. The van der Waals surface area contributed by atoms with Crippen LogP contribution < -0.4 is 20.5 Å². The van der Waals surface area contributed by atoms with E-state index >= 15 is 0 Å². The van der Waals surface area contributed by atoms with E-state index in [0.717, 1.165) is 25.0 Å². The van der Waals surface area contributed by atoms with E-state index in [1.807, 2.05) is 0 Å². The Bertz CT molecular complexity index is 1210. The van der Waals surface area contributed by atoms with Crippen LogP contribution in [0.15, 0.2) is 36.4 Å². The lowest BCUT2D eigenvalue weighted by atomic mass is 10.2. The molecular weight excluding hydrogens is 486 g/mol. The van der Waals surface area contributed by atoms with Crippen LogP contribution >= 0.6 is 11.3 Å². The van der Waals surface area contributed by atoms with Gasteiger partial charge in [0.2, 0.25) is 0 Å². The van der Waals surface area contributed by atoms with Crippen molar-refractivity contribution in [1.82, 2.24) is 10.3 Å². The Morgan fingerprint density at radius 3 is 2.63 bits per heavy atom. The van der Waals surface area contributed by atoms with Gasteiger partial charge in [-0.1, -0.05) is 6.07 Å². The highest BCUT2D eigenvalue weighted by molar-refractivity contribution is 7.15. The van der Waals surface area contributed by atoms with Gasteiger partial charge in [0.1, 0.15) is 22.3 Å². The summed E-state index contributed by atoms with van der Waals surface area (Å²) in [6, 6.07) is 7.00. The average Bonchev–Trinajstić information content (AvgIpc) is 3.52. The first kappa shape index (κ1) is 24.9. The van der Waals surface area contributed by atoms with E-state index in [2.05, 4.69) is 15.0 Å². The largest absolute Gasteiger partial charge is 0.489 e. The van der Waals surface area contributed by atoms with Gasteiger partial charge in [-0.25, -0.2) is 13.8 Å². The highest BCUT2D eigenvalue weighted by atomic mass is 32.1. The van der Waals surface area contributed by atoms with E-state index in [-0.39, 0.29) is 29.3 Å². The number of carbonyl (C=O) groups is 1. The van der Waals surface area contributed by atoms with Gasteiger partial charge in [-0.3, -0.25) is 4.79 Å². The molecule has 0 aliphatic heterocycles. The number of nitrogens with one attached hydrogen (secondary N) is 1. The number of amides is 1. The molecule has 3 aromatic rings. The number of alkyl halides is 2. The summed E-state index contributed by atoms with van der Waals surface area (Å²) < 4.78 is 63.0. The van der Waals surface area contributed by atoms with E-state index < -0.39 is 30.2 Å². The molecule has 1 saturated carbocycles. The Labute approximate surface area is 203 Å². The van der Waals surface area contributed by atoms with Gasteiger partial charge in [0, 0.05) is 29.8 Å². The van der Waals surface area contributed by atoms with Gasteiger partial charge in [-0.15, -0.1) is 11.3 Å². The van der Waals surface area contributed by atoms with E-state index in [0.29, 0.717) is 28.0 Å². The lowest BCUT2D eigenvalue weighted by Crippen LogP contribution is -2.25. The molecule has 0 radical (unpaired) electrons. The summed E-state index contributed by atoms with van der Waals surface area (Å²) in [5, 5.41) is 3.00. The van der Waals surface area contributed by atoms with Crippen molar-refractivity contribution in [1.29, 1.82) is 0 Å². The zero-order valence-corrected chi connectivity index (χ0v) is 19.5. The number of rotatable bonds is 10. The predicted molar refractivity (Wildman–Crippen MR) is 123 cm³/mol. The fourth-order valence-electron chi connectivity index (χ4n) is 3.29. The van der Waals surface area contributed by atoms with E-state index in [1.165, 1.54) is 23.5 Å². The molecule has 1 aliphatic carbocycles. The zero-order chi connectivity index (χ0) is 25.1. The van der Waals surface area contributed by atoms with Crippen molar-refractivity contribution in [3.05, 3.63) is 64.2 Å². The molecule has 1 aromatic heterocycles. The van der Waals surface area contributed by atoms with Crippen molar-refractivity contribution in [3.8, 4) is 22.1 Å². The summed E-state index contributed by atoms with van der Waals surface area (Å²) in [6.45, 7) is -1.10. The molecule has 1 aliphatic rings. The number of ether oxygens (including phenoxy) is 2. The van der Waals surface area contributed by atoms with Crippen molar-refractivity contribution in [3.63, 3.8) is 0 Å². The third kappa shape index (κ3) is 6.29. The second-order valence-electron chi connectivity index (χ2n) is 8.23. The summed E-state index contributed by atoms with van der Waals surface area (Å²) in [6.07, 6.45) is 2.05. The summed E-state index contributed by atoms with van der Waals surface area (Å²) in [5.74, 6) is -1.61. The second-order valence-corrected chi connectivity index (χ2v) is 9.26. The van der Waals surface area contributed by atoms with Crippen LogP contribution in [0.2, 0.25) is 0 Å². The molecule has 0 bridgehead atoms. The van der Waals surface area contributed by atoms with Gasteiger partial charge in [-0.2, -0.15) is 8.78 Å². The Morgan fingerprint density at radius 2 is 1.97 bits per heavy atom. The molecule has 1 amide bonds. The fraction of sp³-hybridized carbons (Fsp3) is 0.333. The Morgan fingerprint density at radius 1 is 1.20 bits per heavy atom. The summed E-state index contributed by atoms with van der Waals surface area (Å²) in [5.41, 5.74) is 6.77. The topological polar surface area (TPSA) is 86.5 Å². The highest BCUT2D eigenvalue weighted by Crippen LogP contribution is 2.38. The van der Waals surface area contributed by atoms with Crippen LogP contribution in [0.4, 0.5) is 17.6 Å². The van der Waals surface area contributed by atoms with Crippen molar-refractivity contribution in [2.24, 2.45) is 11.7 Å². The fourth-order valence-corrected chi connectivity index (χ4v) is 4.30. The first-order valence-electron chi connectivity index (χ1n) is 10.9. The Kier molecular flexibility index (Phi) is 7.56. The normalized spacial score (nSPS) is 14.1. The summed E-state index contributed by atoms with van der Waals surface area (Å²) in [7, 11) is 0. The van der Waals surface area contributed by atoms with Gasteiger partial charge < -0.3 is 20.5 Å². The molecule has 1 atom stereocenters. The summed E-state index contributed by atoms with van der Waals surface area (Å²) in [4.78, 5) is 17.8. The van der Waals surface area contributed by atoms with Gasteiger partial charge in [-0.05, 0) is 49.9 Å². The van der Waals surface area contributed by atoms with Crippen molar-refractivity contribution in [2.75, 3.05) is 6.61 Å². The van der Waals surface area contributed by atoms with E-state index in [1.54, 1.807) is 19.1 Å². The smallest absolute Gasteiger partial charge is 0.387 e. The molecule has 0 unspecified atom stereocenters. The molecule has 1 fully saturated rings. The molecule has 0 spiro atoms. The number of nitrogens with two attached hydrogens (primary N) is 1.